The van der Waals surface area contributed by atoms with Crippen molar-refractivity contribution in [3.8, 4) is 0 Å². The number of nitrogens with one attached hydrogen (secondary N) is 2. The fourth-order valence-electron chi connectivity index (χ4n) is 1.80. The van der Waals surface area contributed by atoms with E-state index in [1.807, 2.05) is 0 Å². The van der Waals surface area contributed by atoms with Gasteiger partial charge in [-0.15, -0.1) is 10.2 Å². The van der Waals surface area contributed by atoms with Gasteiger partial charge in [-0.05, 0) is 13.3 Å². The van der Waals surface area contributed by atoms with Crippen LogP contribution in [0, 0.1) is 0 Å². The first kappa shape index (κ1) is 16.0. The summed E-state index contributed by atoms with van der Waals surface area (Å²) < 4.78 is 0.731. The Kier molecular flexibility index (Phi) is 5.80. The molecule has 1 aromatic rings. The number of hydrogen-bond acceptors (Lipinski definition) is 7. The number of carbonyl (C=O) groups is 2. The molecule has 1 fully saturated rings. The van der Waals surface area contributed by atoms with Gasteiger partial charge in [0.1, 0.15) is 0 Å². The van der Waals surface area contributed by atoms with Crippen LogP contribution in [0.1, 0.15) is 26.7 Å². The van der Waals surface area contributed by atoms with Gasteiger partial charge in [0, 0.05) is 19.6 Å². The molecular weight excluding hydrogens is 310 g/mol. The lowest BCUT2D eigenvalue weighted by atomic mass is 10.3. The molecule has 7 nitrogen and oxygen atoms in total. The van der Waals surface area contributed by atoms with Gasteiger partial charge in [-0.1, -0.05) is 36.4 Å². The van der Waals surface area contributed by atoms with Crippen LogP contribution >= 0.6 is 23.1 Å². The zero-order chi connectivity index (χ0) is 15.2. The van der Waals surface area contributed by atoms with Crippen LogP contribution in [0.3, 0.4) is 0 Å². The van der Waals surface area contributed by atoms with Gasteiger partial charge in [0.2, 0.25) is 11.0 Å². The highest BCUT2D eigenvalue weighted by atomic mass is 32.2. The van der Waals surface area contributed by atoms with Gasteiger partial charge in [-0.3, -0.25) is 9.69 Å². The third kappa shape index (κ3) is 4.31. The minimum atomic E-state index is -0.356. The Morgan fingerprint density at radius 2 is 2.38 bits per heavy atom. The molecule has 1 aliphatic heterocycles. The van der Waals surface area contributed by atoms with Crippen LogP contribution in [-0.2, 0) is 4.79 Å². The Hall–Kier alpha value is -1.35. The summed E-state index contributed by atoms with van der Waals surface area (Å²) >= 11 is 2.77. The van der Waals surface area contributed by atoms with Crippen molar-refractivity contribution in [1.82, 2.24) is 20.4 Å². The van der Waals surface area contributed by atoms with Crippen molar-refractivity contribution in [3.05, 3.63) is 0 Å². The van der Waals surface area contributed by atoms with Crippen molar-refractivity contribution in [2.45, 2.75) is 36.3 Å². The van der Waals surface area contributed by atoms with E-state index < -0.39 is 0 Å². The van der Waals surface area contributed by atoms with Gasteiger partial charge >= 0.3 is 6.03 Å². The molecule has 1 unspecified atom stereocenters. The third-order valence-corrected chi connectivity index (χ3v) is 5.01. The average Bonchev–Trinajstić information content (AvgIpc) is 3.07. The molecule has 0 bridgehead atoms. The van der Waals surface area contributed by atoms with Crippen LogP contribution in [0.15, 0.2) is 4.34 Å². The van der Waals surface area contributed by atoms with E-state index >= 15 is 0 Å². The van der Waals surface area contributed by atoms with Crippen LogP contribution in [0.4, 0.5) is 9.93 Å². The van der Waals surface area contributed by atoms with Crippen molar-refractivity contribution in [2.24, 2.45) is 0 Å². The highest BCUT2D eigenvalue weighted by molar-refractivity contribution is 8.02. The van der Waals surface area contributed by atoms with Crippen LogP contribution in [0.5, 0.6) is 0 Å². The normalized spacial score (nSPS) is 15.9. The zero-order valence-electron chi connectivity index (χ0n) is 12.1. The summed E-state index contributed by atoms with van der Waals surface area (Å²) in [6, 6.07) is -0.313. The van der Waals surface area contributed by atoms with Crippen molar-refractivity contribution < 1.29 is 9.59 Å². The lowest BCUT2D eigenvalue weighted by Crippen LogP contribution is -2.38. The number of nitrogens with zero attached hydrogens (tertiary/aromatic N) is 3. The fourth-order valence-corrected chi connectivity index (χ4v) is 3.79. The molecule has 0 radical (unpaired) electrons. The lowest BCUT2D eigenvalue weighted by molar-refractivity contribution is -0.126. The summed E-state index contributed by atoms with van der Waals surface area (Å²) in [5, 5.41) is 14.3. The van der Waals surface area contributed by atoms with Crippen molar-refractivity contribution in [2.75, 3.05) is 25.0 Å². The van der Waals surface area contributed by atoms with Gasteiger partial charge in [0.05, 0.1) is 5.25 Å². The molecule has 0 aromatic carbocycles. The summed E-state index contributed by atoms with van der Waals surface area (Å²) in [4.78, 5) is 24.9. The number of hydrogen-bond donors (Lipinski definition) is 2. The smallest absolute Gasteiger partial charge is 0.324 e. The SMILES string of the molecule is CCCCNc1nnc(SC(C)C(=O)N2CCNC2=O)s1. The van der Waals surface area contributed by atoms with Gasteiger partial charge in [-0.2, -0.15) is 0 Å². The minimum absolute atomic E-state index is 0.189. The predicted octanol–water partition coefficient (Wildman–Crippen LogP) is 1.78. The van der Waals surface area contributed by atoms with Crippen LogP contribution in [-0.4, -0.2) is 51.9 Å². The fraction of sp³-hybridized carbons (Fsp3) is 0.667. The standard InChI is InChI=1S/C12H19N5O2S2/c1-3-4-5-13-10-15-16-12(21-10)20-8(2)9(18)17-7-6-14-11(17)19/h8H,3-7H2,1-2H3,(H,13,15)(H,14,19). The molecule has 1 atom stereocenters. The maximum Gasteiger partial charge on any atom is 0.324 e. The second kappa shape index (κ2) is 7.60. The molecule has 3 amide bonds. The van der Waals surface area contributed by atoms with Crippen molar-refractivity contribution >= 4 is 40.2 Å². The Morgan fingerprint density at radius 1 is 1.57 bits per heavy atom. The second-order valence-corrected chi connectivity index (χ2v) is 7.20. The number of carbonyl (C=O) groups excluding carboxylic acids is 2. The number of imide groups is 1. The number of amides is 3. The topological polar surface area (TPSA) is 87.2 Å². The number of anilines is 1. The van der Waals surface area contributed by atoms with Crippen LogP contribution in [0.25, 0.3) is 0 Å². The molecule has 1 aliphatic rings. The Morgan fingerprint density at radius 3 is 3.05 bits per heavy atom. The quantitative estimate of drug-likeness (QED) is 0.586. The molecule has 1 aromatic heterocycles. The minimum Gasteiger partial charge on any atom is -0.360 e. The summed E-state index contributed by atoms with van der Waals surface area (Å²) in [5.74, 6) is -0.189. The van der Waals surface area contributed by atoms with Gasteiger partial charge in [0.15, 0.2) is 4.34 Å². The average molecular weight is 329 g/mol. The van der Waals surface area contributed by atoms with E-state index in [-0.39, 0.29) is 17.2 Å². The number of urea groups is 1. The van der Waals surface area contributed by atoms with Gasteiger partial charge in [-0.25, -0.2) is 4.79 Å². The molecule has 2 heterocycles. The largest absolute Gasteiger partial charge is 0.360 e. The molecule has 116 valence electrons. The molecular formula is C12H19N5O2S2. The summed E-state index contributed by atoms with van der Waals surface area (Å²) in [6.07, 6.45) is 2.21. The van der Waals surface area contributed by atoms with Crippen molar-refractivity contribution in [3.63, 3.8) is 0 Å². The summed E-state index contributed by atoms with van der Waals surface area (Å²) in [6.45, 7) is 5.74. The molecule has 2 N–H and O–H groups in total. The number of rotatable bonds is 7. The van der Waals surface area contributed by atoms with Gasteiger partial charge < -0.3 is 10.6 Å². The maximum atomic E-state index is 12.2. The van der Waals surface area contributed by atoms with E-state index in [0.29, 0.717) is 13.1 Å². The highest BCUT2D eigenvalue weighted by Crippen LogP contribution is 2.29. The van der Waals surface area contributed by atoms with Crippen LogP contribution < -0.4 is 10.6 Å². The zero-order valence-corrected chi connectivity index (χ0v) is 13.7. The Balaban J connectivity index is 1.86. The van der Waals surface area contributed by atoms with E-state index in [9.17, 15) is 9.59 Å². The Labute approximate surface area is 131 Å². The summed E-state index contributed by atoms with van der Waals surface area (Å²) in [5.41, 5.74) is 0. The monoisotopic (exact) mass is 329 g/mol. The predicted molar refractivity (Wildman–Crippen MR) is 83.7 cm³/mol. The summed E-state index contributed by atoms with van der Waals surface area (Å²) in [7, 11) is 0. The van der Waals surface area contributed by atoms with E-state index in [0.717, 1.165) is 28.9 Å². The first-order valence-electron chi connectivity index (χ1n) is 6.95. The molecule has 2 rings (SSSR count). The highest BCUT2D eigenvalue weighted by Gasteiger charge is 2.30. The van der Waals surface area contributed by atoms with Gasteiger partial charge in [0.25, 0.3) is 0 Å². The molecule has 21 heavy (non-hydrogen) atoms. The maximum absolute atomic E-state index is 12.2. The lowest BCUT2D eigenvalue weighted by Gasteiger charge is -2.16. The van der Waals surface area contributed by atoms with Crippen LogP contribution in [0.2, 0.25) is 0 Å². The van der Waals surface area contributed by atoms with E-state index in [1.165, 1.54) is 28.0 Å². The van der Waals surface area contributed by atoms with Crippen molar-refractivity contribution in [1.29, 1.82) is 0 Å². The first-order chi connectivity index (χ1) is 10.1. The first-order valence-corrected chi connectivity index (χ1v) is 8.64. The number of thioether (sulfide) groups is 1. The second-order valence-electron chi connectivity index (χ2n) is 4.64. The molecule has 0 saturated carbocycles. The number of aromatic nitrogens is 2. The Bertz CT molecular complexity index is 508. The molecule has 0 spiro atoms. The molecule has 1 saturated heterocycles. The van der Waals surface area contributed by atoms with E-state index in [1.54, 1.807) is 6.92 Å². The molecule has 9 heteroatoms. The molecule has 0 aliphatic carbocycles. The third-order valence-electron chi connectivity index (χ3n) is 2.96. The van der Waals surface area contributed by atoms with E-state index in [2.05, 4.69) is 27.8 Å². The van der Waals surface area contributed by atoms with E-state index in [4.69, 9.17) is 0 Å². The number of unbranched alkanes of at least 4 members (excludes halogenated alkanes) is 1.